The van der Waals surface area contributed by atoms with Gasteiger partial charge in [0.1, 0.15) is 23.8 Å². The molecule has 3 rings (SSSR count). The van der Waals surface area contributed by atoms with Gasteiger partial charge in [0, 0.05) is 43.2 Å². The molecule has 0 spiro atoms. The maximum Gasteiger partial charge on any atom is 0.272 e. The van der Waals surface area contributed by atoms with Gasteiger partial charge in [-0.2, -0.15) is 0 Å². The molecular formula is C29H29F2N3O5. The number of nitrogens with zero attached hydrogens (tertiary/aromatic N) is 1. The Hall–Kier alpha value is -4.57. The van der Waals surface area contributed by atoms with E-state index in [4.69, 9.17) is 4.74 Å². The molecule has 2 amide bonds. The van der Waals surface area contributed by atoms with E-state index < -0.39 is 34.9 Å². The number of hydrogen-bond donors (Lipinski definition) is 3. The molecule has 0 aliphatic carbocycles. The Morgan fingerprint density at radius 3 is 2.56 bits per heavy atom. The average Bonchev–Trinajstić information content (AvgIpc) is 2.92. The summed E-state index contributed by atoms with van der Waals surface area (Å²) in [6, 6.07) is 11.4. The van der Waals surface area contributed by atoms with Crippen LogP contribution in [-0.2, 0) is 13.2 Å². The normalized spacial score (nSPS) is 11.7. The summed E-state index contributed by atoms with van der Waals surface area (Å²) in [5.74, 6) is -3.50. The van der Waals surface area contributed by atoms with Gasteiger partial charge < -0.3 is 25.0 Å². The summed E-state index contributed by atoms with van der Waals surface area (Å²) in [6.45, 7) is 4.78. The summed E-state index contributed by atoms with van der Waals surface area (Å²) >= 11 is 0. The Labute approximate surface area is 224 Å². The third-order valence-electron chi connectivity index (χ3n) is 5.61. The summed E-state index contributed by atoms with van der Waals surface area (Å²) in [5.41, 5.74) is -0.664. The molecule has 1 aromatic heterocycles. The lowest BCUT2D eigenvalue weighted by Gasteiger charge is -2.18. The first-order chi connectivity index (χ1) is 18.7. The van der Waals surface area contributed by atoms with Crippen molar-refractivity contribution in [2.24, 2.45) is 0 Å². The van der Waals surface area contributed by atoms with Gasteiger partial charge in [-0.05, 0) is 25.0 Å². The number of benzene rings is 2. The zero-order chi connectivity index (χ0) is 28.4. The van der Waals surface area contributed by atoms with E-state index >= 15 is 0 Å². The number of carbonyl (C=O) groups excluding carboxylic acids is 2. The van der Waals surface area contributed by atoms with Crippen molar-refractivity contribution in [3.63, 3.8) is 0 Å². The molecule has 0 aliphatic heterocycles. The van der Waals surface area contributed by atoms with Gasteiger partial charge in [-0.1, -0.05) is 48.6 Å². The molecule has 10 heteroatoms. The molecule has 3 aromatic rings. The maximum atomic E-state index is 14.1. The molecular weight excluding hydrogens is 508 g/mol. The van der Waals surface area contributed by atoms with Crippen molar-refractivity contribution in [3.05, 3.63) is 118 Å². The molecule has 39 heavy (non-hydrogen) atoms. The fraction of sp³-hybridized carbons (Fsp3) is 0.207. The van der Waals surface area contributed by atoms with E-state index in [-0.39, 0.29) is 48.7 Å². The number of rotatable bonds is 12. The van der Waals surface area contributed by atoms with E-state index in [0.29, 0.717) is 11.6 Å². The summed E-state index contributed by atoms with van der Waals surface area (Å²) in [4.78, 5) is 39.9. The minimum Gasteiger partial charge on any atom is -0.483 e. The van der Waals surface area contributed by atoms with Crippen molar-refractivity contribution in [1.29, 1.82) is 0 Å². The van der Waals surface area contributed by atoms with Gasteiger partial charge in [-0.3, -0.25) is 14.4 Å². The minimum atomic E-state index is -0.857. The van der Waals surface area contributed by atoms with Crippen LogP contribution in [0.15, 0.2) is 78.3 Å². The molecule has 0 aliphatic rings. The van der Waals surface area contributed by atoms with Crippen LogP contribution in [0.3, 0.4) is 0 Å². The molecule has 0 fully saturated rings. The van der Waals surface area contributed by atoms with E-state index in [2.05, 4.69) is 17.2 Å². The van der Waals surface area contributed by atoms with E-state index in [1.54, 1.807) is 37.3 Å². The zero-order valence-corrected chi connectivity index (χ0v) is 21.3. The topological polar surface area (TPSA) is 110 Å². The number of ether oxygens (including phenoxy) is 1. The molecule has 204 valence electrons. The number of halogens is 2. The van der Waals surface area contributed by atoms with Gasteiger partial charge in [0.05, 0.1) is 0 Å². The molecule has 0 radical (unpaired) electrons. The Balaban J connectivity index is 2.07. The number of carbonyl (C=O) groups is 2. The molecule has 2 aromatic carbocycles. The number of amides is 2. The fourth-order valence-electron chi connectivity index (χ4n) is 3.51. The summed E-state index contributed by atoms with van der Waals surface area (Å²) in [6.07, 6.45) is 5.88. The predicted molar refractivity (Wildman–Crippen MR) is 143 cm³/mol. The second kappa shape index (κ2) is 13.8. The monoisotopic (exact) mass is 537 g/mol. The highest BCUT2D eigenvalue weighted by atomic mass is 19.1. The highest BCUT2D eigenvalue weighted by molar-refractivity contribution is 5.99. The van der Waals surface area contributed by atoms with Crippen LogP contribution in [-0.4, -0.2) is 34.1 Å². The summed E-state index contributed by atoms with van der Waals surface area (Å²) < 4.78 is 34.4. The van der Waals surface area contributed by atoms with Gasteiger partial charge in [-0.15, -0.1) is 6.58 Å². The molecule has 1 atom stereocenters. The number of nitrogens with one attached hydrogen (secondary N) is 2. The first-order valence-electron chi connectivity index (χ1n) is 12.1. The van der Waals surface area contributed by atoms with Crippen LogP contribution in [0.4, 0.5) is 8.78 Å². The number of aliphatic hydroxyl groups excluding tert-OH is 1. The van der Waals surface area contributed by atoms with E-state index in [1.807, 2.05) is 6.07 Å². The van der Waals surface area contributed by atoms with Crippen molar-refractivity contribution in [2.45, 2.75) is 32.5 Å². The summed E-state index contributed by atoms with van der Waals surface area (Å²) in [5, 5.41) is 14.3. The SMILES string of the molecule is C=C[C@H](C)NC(=O)c1c(OCc2ccccc2)c(=O)c(C(=O)NCc2ccc(F)cc2F)cn1C=CCCO. The van der Waals surface area contributed by atoms with Crippen molar-refractivity contribution < 1.29 is 28.2 Å². The second-order valence-electron chi connectivity index (χ2n) is 8.54. The highest BCUT2D eigenvalue weighted by Gasteiger charge is 2.26. The van der Waals surface area contributed by atoms with Crippen LogP contribution in [0, 0.1) is 11.6 Å². The molecule has 0 bridgehead atoms. The lowest BCUT2D eigenvalue weighted by Crippen LogP contribution is -2.36. The third kappa shape index (κ3) is 7.71. The van der Waals surface area contributed by atoms with Crippen LogP contribution in [0.2, 0.25) is 0 Å². The number of aliphatic hydroxyl groups is 1. The molecule has 0 unspecified atom stereocenters. The first-order valence-corrected chi connectivity index (χ1v) is 12.1. The predicted octanol–water partition coefficient (Wildman–Crippen LogP) is 3.79. The number of aromatic nitrogens is 1. The van der Waals surface area contributed by atoms with E-state index in [9.17, 15) is 28.3 Å². The second-order valence-corrected chi connectivity index (χ2v) is 8.54. The fourth-order valence-corrected chi connectivity index (χ4v) is 3.51. The van der Waals surface area contributed by atoms with Crippen molar-refractivity contribution in [3.8, 4) is 5.75 Å². The van der Waals surface area contributed by atoms with Crippen molar-refractivity contribution in [1.82, 2.24) is 15.2 Å². The van der Waals surface area contributed by atoms with Crippen LogP contribution in [0.1, 0.15) is 45.3 Å². The maximum absolute atomic E-state index is 14.1. The lowest BCUT2D eigenvalue weighted by molar-refractivity contribution is 0.0923. The van der Waals surface area contributed by atoms with Gasteiger partial charge >= 0.3 is 0 Å². The van der Waals surface area contributed by atoms with Gasteiger partial charge in [0.15, 0.2) is 11.4 Å². The Kier molecular flexibility index (Phi) is 10.3. The smallest absolute Gasteiger partial charge is 0.272 e. The van der Waals surface area contributed by atoms with Crippen molar-refractivity contribution in [2.75, 3.05) is 6.61 Å². The average molecular weight is 538 g/mol. The zero-order valence-electron chi connectivity index (χ0n) is 21.3. The quantitative estimate of drug-likeness (QED) is 0.305. The van der Waals surface area contributed by atoms with Crippen LogP contribution in [0.25, 0.3) is 6.20 Å². The van der Waals surface area contributed by atoms with Crippen LogP contribution < -0.4 is 20.8 Å². The number of hydrogen-bond acceptors (Lipinski definition) is 5. The lowest BCUT2D eigenvalue weighted by atomic mass is 10.1. The van der Waals surface area contributed by atoms with Gasteiger partial charge in [-0.25, -0.2) is 8.78 Å². The van der Waals surface area contributed by atoms with Crippen molar-refractivity contribution >= 4 is 18.0 Å². The van der Waals surface area contributed by atoms with E-state index in [0.717, 1.165) is 12.3 Å². The summed E-state index contributed by atoms with van der Waals surface area (Å²) in [7, 11) is 0. The molecule has 3 N–H and O–H groups in total. The standard InChI is InChI=1S/C29H29F2N3O5/c1-3-19(2)33-29(38)25-27(39-18-20-9-5-4-6-10-20)26(36)23(17-34(25)13-7-8-14-35)28(37)32-16-21-11-12-22(30)15-24(21)31/h3-7,9-13,15,17,19,35H,1,8,14,16,18H2,2H3,(H,32,37)(H,33,38)/t19-/m0/s1. The van der Waals surface area contributed by atoms with E-state index in [1.165, 1.54) is 22.9 Å². The molecule has 1 heterocycles. The molecule has 0 saturated heterocycles. The highest BCUT2D eigenvalue weighted by Crippen LogP contribution is 2.19. The largest absolute Gasteiger partial charge is 0.483 e. The molecule has 8 nitrogen and oxygen atoms in total. The first kappa shape index (κ1) is 29.0. The molecule has 0 saturated carbocycles. The Morgan fingerprint density at radius 2 is 1.90 bits per heavy atom. The Bertz CT molecular complexity index is 1420. The van der Waals surface area contributed by atoms with Gasteiger partial charge in [0.25, 0.3) is 11.8 Å². The Morgan fingerprint density at radius 1 is 1.15 bits per heavy atom. The third-order valence-corrected chi connectivity index (χ3v) is 5.61. The van der Waals surface area contributed by atoms with Gasteiger partial charge in [0.2, 0.25) is 5.43 Å². The number of pyridine rings is 1. The van der Waals surface area contributed by atoms with Crippen LogP contribution in [0.5, 0.6) is 5.75 Å². The minimum absolute atomic E-state index is 0.0166. The van der Waals surface area contributed by atoms with Crippen LogP contribution >= 0.6 is 0 Å².